The maximum atomic E-state index is 13.2. The summed E-state index contributed by atoms with van der Waals surface area (Å²) in [4.78, 5) is 2.32. The molecule has 2 rings (SSSR count). The van der Waals surface area contributed by atoms with Crippen LogP contribution < -0.4 is 5.73 Å². The fourth-order valence-corrected chi connectivity index (χ4v) is 2.76. The molecule has 1 aliphatic rings. The molecule has 1 aromatic rings. The van der Waals surface area contributed by atoms with Gasteiger partial charge in [-0.3, -0.25) is 0 Å². The van der Waals surface area contributed by atoms with E-state index in [0.717, 1.165) is 19.2 Å². The standard InChI is InChI=1S/C16H24F2N2/c1-3-16(2)6-8-20(9-7-16)11-15(19)12-4-5-13(17)14(18)10-12/h4-5,10,15H,3,6-9,11,19H2,1-2H3. The zero-order chi connectivity index (χ0) is 14.8. The minimum absolute atomic E-state index is 0.268. The molecule has 1 fully saturated rings. The topological polar surface area (TPSA) is 29.3 Å². The first-order valence-electron chi connectivity index (χ1n) is 7.36. The van der Waals surface area contributed by atoms with Gasteiger partial charge in [-0.05, 0) is 49.0 Å². The van der Waals surface area contributed by atoms with Gasteiger partial charge in [0.1, 0.15) is 0 Å². The van der Waals surface area contributed by atoms with Crippen LogP contribution in [0.15, 0.2) is 18.2 Å². The van der Waals surface area contributed by atoms with Crippen LogP contribution in [0.1, 0.15) is 44.7 Å². The monoisotopic (exact) mass is 282 g/mol. The number of likely N-dealkylation sites (tertiary alicyclic amines) is 1. The largest absolute Gasteiger partial charge is 0.323 e. The van der Waals surface area contributed by atoms with E-state index in [0.29, 0.717) is 17.5 Å². The van der Waals surface area contributed by atoms with E-state index < -0.39 is 11.6 Å². The molecule has 20 heavy (non-hydrogen) atoms. The summed E-state index contributed by atoms with van der Waals surface area (Å²) in [5.74, 6) is -1.65. The van der Waals surface area contributed by atoms with Gasteiger partial charge in [0, 0.05) is 12.6 Å². The molecule has 0 radical (unpaired) electrons. The normalized spacial score (nSPS) is 20.9. The van der Waals surface area contributed by atoms with Crippen LogP contribution in [-0.4, -0.2) is 24.5 Å². The van der Waals surface area contributed by atoms with Crippen molar-refractivity contribution in [1.29, 1.82) is 0 Å². The Kier molecular flexibility index (Phi) is 4.76. The predicted octanol–water partition coefficient (Wildman–Crippen LogP) is 3.48. The molecule has 2 nitrogen and oxygen atoms in total. The van der Waals surface area contributed by atoms with Crippen LogP contribution in [-0.2, 0) is 0 Å². The lowest BCUT2D eigenvalue weighted by Gasteiger charge is -2.39. The third kappa shape index (κ3) is 3.55. The highest BCUT2D eigenvalue weighted by Crippen LogP contribution is 2.34. The highest BCUT2D eigenvalue weighted by atomic mass is 19.2. The summed E-state index contributed by atoms with van der Waals surface area (Å²) in [6.07, 6.45) is 3.55. The summed E-state index contributed by atoms with van der Waals surface area (Å²) in [6.45, 7) is 7.33. The van der Waals surface area contributed by atoms with Crippen LogP contribution in [0.25, 0.3) is 0 Å². The van der Waals surface area contributed by atoms with Crippen LogP contribution in [0.4, 0.5) is 8.78 Å². The van der Waals surface area contributed by atoms with E-state index in [-0.39, 0.29) is 6.04 Å². The van der Waals surface area contributed by atoms with E-state index in [1.807, 2.05) is 0 Å². The first-order chi connectivity index (χ1) is 9.43. The van der Waals surface area contributed by atoms with Gasteiger partial charge in [0.15, 0.2) is 11.6 Å². The molecule has 1 heterocycles. The van der Waals surface area contributed by atoms with E-state index in [4.69, 9.17) is 5.73 Å². The SMILES string of the molecule is CCC1(C)CCN(CC(N)c2ccc(F)c(F)c2)CC1. The fraction of sp³-hybridized carbons (Fsp3) is 0.625. The van der Waals surface area contributed by atoms with Crippen molar-refractivity contribution in [2.75, 3.05) is 19.6 Å². The van der Waals surface area contributed by atoms with Crippen molar-refractivity contribution >= 4 is 0 Å². The minimum Gasteiger partial charge on any atom is -0.323 e. The summed E-state index contributed by atoms with van der Waals surface area (Å²) in [5, 5.41) is 0. The van der Waals surface area contributed by atoms with Crippen molar-refractivity contribution in [2.24, 2.45) is 11.1 Å². The summed E-state index contributed by atoms with van der Waals surface area (Å²) in [7, 11) is 0. The molecule has 1 aliphatic heterocycles. The molecule has 1 aromatic carbocycles. The third-order valence-corrected chi connectivity index (χ3v) is 4.74. The lowest BCUT2D eigenvalue weighted by Crippen LogP contribution is -2.41. The molecular weight excluding hydrogens is 258 g/mol. The Bertz CT molecular complexity index is 454. The van der Waals surface area contributed by atoms with Gasteiger partial charge >= 0.3 is 0 Å². The van der Waals surface area contributed by atoms with Gasteiger partial charge < -0.3 is 10.6 Å². The molecular formula is C16H24F2N2. The van der Waals surface area contributed by atoms with E-state index in [2.05, 4.69) is 18.7 Å². The summed E-state index contributed by atoms with van der Waals surface area (Å²) in [5.41, 5.74) is 7.22. The Hall–Kier alpha value is -1.00. The first-order valence-corrected chi connectivity index (χ1v) is 7.36. The number of rotatable bonds is 4. The highest BCUT2D eigenvalue weighted by Gasteiger charge is 2.28. The minimum atomic E-state index is -0.824. The average Bonchev–Trinajstić information content (AvgIpc) is 2.44. The van der Waals surface area contributed by atoms with E-state index in [1.165, 1.54) is 25.3 Å². The summed E-state index contributed by atoms with van der Waals surface area (Å²) < 4.78 is 26.1. The molecule has 1 atom stereocenters. The molecule has 2 N–H and O–H groups in total. The van der Waals surface area contributed by atoms with Crippen molar-refractivity contribution in [3.63, 3.8) is 0 Å². The van der Waals surface area contributed by atoms with E-state index in [1.54, 1.807) is 6.07 Å². The van der Waals surface area contributed by atoms with Crippen LogP contribution in [0.3, 0.4) is 0 Å². The Labute approximate surface area is 120 Å². The third-order valence-electron chi connectivity index (χ3n) is 4.74. The molecule has 1 saturated heterocycles. The lowest BCUT2D eigenvalue weighted by atomic mass is 9.78. The molecule has 4 heteroatoms. The van der Waals surface area contributed by atoms with Crippen molar-refractivity contribution in [1.82, 2.24) is 4.90 Å². The van der Waals surface area contributed by atoms with Gasteiger partial charge in [0.05, 0.1) is 0 Å². The van der Waals surface area contributed by atoms with Crippen molar-refractivity contribution < 1.29 is 8.78 Å². The van der Waals surface area contributed by atoms with Crippen LogP contribution in [0.2, 0.25) is 0 Å². The van der Waals surface area contributed by atoms with Gasteiger partial charge in [-0.1, -0.05) is 26.3 Å². The van der Waals surface area contributed by atoms with Crippen molar-refractivity contribution in [3.05, 3.63) is 35.4 Å². The van der Waals surface area contributed by atoms with Crippen molar-refractivity contribution in [3.8, 4) is 0 Å². The summed E-state index contributed by atoms with van der Waals surface area (Å²) >= 11 is 0. The average molecular weight is 282 g/mol. The second kappa shape index (κ2) is 6.19. The van der Waals surface area contributed by atoms with Gasteiger partial charge in [0.25, 0.3) is 0 Å². The maximum absolute atomic E-state index is 13.2. The number of piperidine rings is 1. The number of nitrogens with two attached hydrogens (primary N) is 1. The van der Waals surface area contributed by atoms with Gasteiger partial charge in [0.2, 0.25) is 0 Å². The Morgan fingerprint density at radius 1 is 1.25 bits per heavy atom. The Morgan fingerprint density at radius 3 is 2.45 bits per heavy atom. The van der Waals surface area contributed by atoms with Crippen LogP contribution in [0.5, 0.6) is 0 Å². The second-order valence-corrected chi connectivity index (χ2v) is 6.24. The molecule has 0 amide bonds. The van der Waals surface area contributed by atoms with Gasteiger partial charge in [-0.25, -0.2) is 8.78 Å². The Balaban J connectivity index is 1.92. The number of hydrogen-bond donors (Lipinski definition) is 1. The first kappa shape index (κ1) is 15.4. The quantitative estimate of drug-likeness (QED) is 0.916. The van der Waals surface area contributed by atoms with Gasteiger partial charge in [-0.2, -0.15) is 0 Å². The highest BCUT2D eigenvalue weighted by molar-refractivity contribution is 5.21. The number of hydrogen-bond acceptors (Lipinski definition) is 2. The Morgan fingerprint density at radius 2 is 1.90 bits per heavy atom. The van der Waals surface area contributed by atoms with E-state index >= 15 is 0 Å². The predicted molar refractivity (Wildman–Crippen MR) is 77.4 cm³/mol. The zero-order valence-electron chi connectivity index (χ0n) is 12.3. The smallest absolute Gasteiger partial charge is 0.159 e. The second-order valence-electron chi connectivity index (χ2n) is 6.24. The molecule has 0 aliphatic carbocycles. The van der Waals surface area contributed by atoms with E-state index in [9.17, 15) is 8.78 Å². The van der Waals surface area contributed by atoms with Crippen LogP contribution >= 0.6 is 0 Å². The van der Waals surface area contributed by atoms with Crippen LogP contribution in [0, 0.1) is 17.0 Å². The molecule has 1 unspecified atom stereocenters. The van der Waals surface area contributed by atoms with Gasteiger partial charge in [-0.15, -0.1) is 0 Å². The molecule has 112 valence electrons. The summed E-state index contributed by atoms with van der Waals surface area (Å²) in [6, 6.07) is 3.66. The fourth-order valence-electron chi connectivity index (χ4n) is 2.76. The maximum Gasteiger partial charge on any atom is 0.159 e. The number of halogens is 2. The molecule has 0 saturated carbocycles. The number of nitrogens with zero attached hydrogens (tertiary/aromatic N) is 1. The lowest BCUT2D eigenvalue weighted by molar-refractivity contribution is 0.110. The molecule has 0 bridgehead atoms. The zero-order valence-corrected chi connectivity index (χ0v) is 12.3. The van der Waals surface area contributed by atoms with Crippen molar-refractivity contribution in [2.45, 2.75) is 39.2 Å². The number of benzene rings is 1. The molecule has 0 aromatic heterocycles. The molecule has 0 spiro atoms.